The molecule has 0 unspecified atom stereocenters. The van der Waals surface area contributed by atoms with Gasteiger partial charge in [0.25, 0.3) is 0 Å². The molecule has 0 aromatic heterocycles. The van der Waals surface area contributed by atoms with E-state index >= 15 is 0 Å². The van der Waals surface area contributed by atoms with Crippen molar-refractivity contribution in [2.24, 2.45) is 5.73 Å². The Kier molecular flexibility index (Phi) is 2.12. The van der Waals surface area contributed by atoms with Crippen LogP contribution in [0.2, 0.25) is 0 Å². The Morgan fingerprint density at radius 2 is 1.85 bits per heavy atom. The third-order valence-corrected chi connectivity index (χ3v) is 2.97. The third-order valence-electron chi connectivity index (χ3n) is 2.97. The highest BCUT2D eigenvalue weighted by Gasteiger charge is 2.14. The van der Waals surface area contributed by atoms with E-state index in [0.717, 1.165) is 0 Å². The van der Waals surface area contributed by atoms with E-state index < -0.39 is 0 Å². The lowest BCUT2D eigenvalue weighted by molar-refractivity contribution is 0.807. The molecule has 0 saturated heterocycles. The number of aryl methyl sites for hydroxylation is 3. The minimum absolute atomic E-state index is 0.172. The predicted molar refractivity (Wildman–Crippen MR) is 55.8 cm³/mol. The molecule has 1 aliphatic rings. The molecule has 13 heavy (non-hydrogen) atoms. The van der Waals surface area contributed by atoms with Crippen molar-refractivity contribution < 1.29 is 0 Å². The van der Waals surface area contributed by atoms with Crippen molar-refractivity contribution in [2.45, 2.75) is 39.2 Å². The smallest absolute Gasteiger partial charge is 0.0268 e. The number of rotatable bonds is 1. The van der Waals surface area contributed by atoms with Crippen LogP contribution in [0, 0.1) is 6.92 Å². The minimum atomic E-state index is 0.172. The molecule has 1 nitrogen and oxygen atoms in total. The second-order valence-electron chi connectivity index (χ2n) is 4.12. The van der Waals surface area contributed by atoms with E-state index in [-0.39, 0.29) is 6.04 Å². The van der Waals surface area contributed by atoms with Crippen molar-refractivity contribution in [3.8, 4) is 0 Å². The summed E-state index contributed by atoms with van der Waals surface area (Å²) in [5, 5.41) is 0. The summed E-state index contributed by atoms with van der Waals surface area (Å²) in [6.07, 6.45) is 3.82. The molecule has 0 fully saturated rings. The van der Waals surface area contributed by atoms with Gasteiger partial charge in [-0.05, 0) is 55.4 Å². The van der Waals surface area contributed by atoms with E-state index in [0.29, 0.717) is 0 Å². The molecule has 2 N–H and O–H groups in total. The molecular formula is C12H17N. The third kappa shape index (κ3) is 1.49. The van der Waals surface area contributed by atoms with Crippen LogP contribution in [0.5, 0.6) is 0 Å². The molecule has 0 spiro atoms. The summed E-state index contributed by atoms with van der Waals surface area (Å²) in [5.74, 6) is 0. The molecule has 0 saturated carbocycles. The maximum Gasteiger partial charge on any atom is 0.0268 e. The average Bonchev–Trinajstić information content (AvgIpc) is 2.48. The van der Waals surface area contributed by atoms with Crippen LogP contribution in [-0.2, 0) is 12.8 Å². The molecule has 0 radical (unpaired) electrons. The summed E-state index contributed by atoms with van der Waals surface area (Å²) in [6, 6.07) is 4.80. The van der Waals surface area contributed by atoms with Gasteiger partial charge < -0.3 is 5.73 Å². The van der Waals surface area contributed by atoms with E-state index in [1.165, 1.54) is 36.0 Å². The number of fused-ring (bicyclic) bond motifs is 1. The predicted octanol–water partition coefficient (Wildman–Crippen LogP) is 2.50. The minimum Gasteiger partial charge on any atom is -0.324 e. The van der Waals surface area contributed by atoms with Gasteiger partial charge in [-0.3, -0.25) is 0 Å². The Morgan fingerprint density at radius 1 is 1.23 bits per heavy atom. The molecule has 2 rings (SSSR count). The zero-order valence-electron chi connectivity index (χ0n) is 8.43. The molecular weight excluding hydrogens is 158 g/mol. The largest absolute Gasteiger partial charge is 0.324 e. The monoisotopic (exact) mass is 175 g/mol. The fourth-order valence-electron chi connectivity index (χ4n) is 2.26. The highest BCUT2D eigenvalue weighted by atomic mass is 14.6. The summed E-state index contributed by atoms with van der Waals surface area (Å²) in [4.78, 5) is 0. The number of benzene rings is 1. The lowest BCUT2D eigenvalue weighted by Gasteiger charge is -2.12. The standard InChI is InChI=1S/C12H17N/c1-8-6-10-4-3-5-11(10)7-12(8)9(2)13/h6-7,9H,3-5,13H2,1-2H3/t9-/m1/s1. The summed E-state index contributed by atoms with van der Waals surface area (Å²) in [5.41, 5.74) is 11.7. The Bertz CT molecular complexity index is 326. The first-order valence-corrected chi connectivity index (χ1v) is 5.06. The molecule has 1 aliphatic carbocycles. The average molecular weight is 175 g/mol. The van der Waals surface area contributed by atoms with Gasteiger partial charge in [-0.15, -0.1) is 0 Å². The SMILES string of the molecule is Cc1cc2c(cc1[C@@H](C)N)CCC2. The first-order chi connectivity index (χ1) is 6.18. The van der Waals surface area contributed by atoms with Crippen LogP contribution in [0.4, 0.5) is 0 Å². The topological polar surface area (TPSA) is 26.0 Å². The van der Waals surface area contributed by atoms with Crippen LogP contribution in [0.15, 0.2) is 12.1 Å². The first-order valence-electron chi connectivity index (χ1n) is 5.06. The zero-order valence-corrected chi connectivity index (χ0v) is 8.43. The van der Waals surface area contributed by atoms with Gasteiger partial charge >= 0.3 is 0 Å². The van der Waals surface area contributed by atoms with E-state index in [1.54, 1.807) is 5.56 Å². The molecule has 1 heteroatoms. The van der Waals surface area contributed by atoms with Gasteiger partial charge in [-0.1, -0.05) is 12.1 Å². The highest BCUT2D eigenvalue weighted by molar-refractivity contribution is 5.41. The molecule has 0 heterocycles. The Balaban J connectivity index is 2.49. The zero-order chi connectivity index (χ0) is 9.42. The van der Waals surface area contributed by atoms with Crippen LogP contribution in [0.1, 0.15) is 41.6 Å². The van der Waals surface area contributed by atoms with E-state index in [4.69, 9.17) is 5.73 Å². The van der Waals surface area contributed by atoms with Crippen molar-refractivity contribution in [1.29, 1.82) is 0 Å². The van der Waals surface area contributed by atoms with Crippen molar-refractivity contribution in [3.05, 3.63) is 34.4 Å². The lowest BCUT2D eigenvalue weighted by Crippen LogP contribution is -2.07. The van der Waals surface area contributed by atoms with Crippen molar-refractivity contribution >= 4 is 0 Å². The van der Waals surface area contributed by atoms with Gasteiger partial charge in [0.1, 0.15) is 0 Å². The lowest BCUT2D eigenvalue weighted by atomic mass is 9.97. The van der Waals surface area contributed by atoms with Crippen molar-refractivity contribution in [3.63, 3.8) is 0 Å². The van der Waals surface area contributed by atoms with Crippen LogP contribution in [0.3, 0.4) is 0 Å². The molecule has 1 aromatic rings. The molecule has 0 amide bonds. The maximum absolute atomic E-state index is 5.91. The van der Waals surface area contributed by atoms with Gasteiger partial charge in [0.15, 0.2) is 0 Å². The Labute approximate surface area is 80.0 Å². The quantitative estimate of drug-likeness (QED) is 0.697. The first kappa shape index (κ1) is 8.76. The molecule has 0 aliphatic heterocycles. The van der Waals surface area contributed by atoms with Crippen LogP contribution in [-0.4, -0.2) is 0 Å². The van der Waals surface area contributed by atoms with Crippen molar-refractivity contribution in [2.75, 3.05) is 0 Å². The van der Waals surface area contributed by atoms with Gasteiger partial charge in [0.2, 0.25) is 0 Å². The molecule has 1 aromatic carbocycles. The van der Waals surface area contributed by atoms with Crippen LogP contribution >= 0.6 is 0 Å². The van der Waals surface area contributed by atoms with Crippen LogP contribution in [0.25, 0.3) is 0 Å². The molecule has 1 atom stereocenters. The maximum atomic E-state index is 5.91. The summed E-state index contributed by atoms with van der Waals surface area (Å²) in [7, 11) is 0. The number of hydrogen-bond acceptors (Lipinski definition) is 1. The Hall–Kier alpha value is -0.820. The van der Waals surface area contributed by atoms with Gasteiger partial charge in [0.05, 0.1) is 0 Å². The second-order valence-corrected chi connectivity index (χ2v) is 4.12. The molecule has 70 valence electrons. The van der Waals surface area contributed by atoms with Gasteiger partial charge in [-0.25, -0.2) is 0 Å². The van der Waals surface area contributed by atoms with Gasteiger partial charge in [0, 0.05) is 6.04 Å². The summed E-state index contributed by atoms with van der Waals surface area (Å²) < 4.78 is 0. The highest BCUT2D eigenvalue weighted by Crippen LogP contribution is 2.27. The van der Waals surface area contributed by atoms with E-state index in [2.05, 4.69) is 26.0 Å². The summed E-state index contributed by atoms with van der Waals surface area (Å²) >= 11 is 0. The second kappa shape index (κ2) is 3.15. The fraction of sp³-hybridized carbons (Fsp3) is 0.500. The van der Waals surface area contributed by atoms with Crippen LogP contribution < -0.4 is 5.73 Å². The van der Waals surface area contributed by atoms with Gasteiger partial charge in [-0.2, -0.15) is 0 Å². The van der Waals surface area contributed by atoms with E-state index in [1.807, 2.05) is 0 Å². The van der Waals surface area contributed by atoms with Crippen molar-refractivity contribution in [1.82, 2.24) is 0 Å². The Morgan fingerprint density at radius 3 is 2.46 bits per heavy atom. The normalized spacial score (nSPS) is 17.2. The fourth-order valence-corrected chi connectivity index (χ4v) is 2.26. The van der Waals surface area contributed by atoms with E-state index in [9.17, 15) is 0 Å². The molecule has 0 bridgehead atoms. The number of hydrogen-bond donors (Lipinski definition) is 1. The number of nitrogens with two attached hydrogens (primary N) is 1. The summed E-state index contributed by atoms with van der Waals surface area (Å²) in [6.45, 7) is 4.22.